The van der Waals surface area contributed by atoms with E-state index in [2.05, 4.69) is 15.9 Å². The largest absolute Gasteiger partial charge is 0.481 e. The molecule has 3 rings (SSSR count). The quantitative estimate of drug-likeness (QED) is 0.902. The van der Waals surface area contributed by atoms with Crippen molar-refractivity contribution in [2.75, 3.05) is 0 Å². The van der Waals surface area contributed by atoms with Crippen LogP contribution in [0, 0.1) is 12.8 Å². The molecule has 0 aromatic heterocycles. The molecule has 2 fully saturated rings. The predicted molar refractivity (Wildman–Crippen MR) is 77.6 cm³/mol. The van der Waals surface area contributed by atoms with Gasteiger partial charge in [0.25, 0.3) is 5.91 Å². The third kappa shape index (κ3) is 1.95. The van der Waals surface area contributed by atoms with Crippen LogP contribution in [0.5, 0.6) is 0 Å². The fourth-order valence-electron chi connectivity index (χ4n) is 3.52. The van der Waals surface area contributed by atoms with E-state index in [4.69, 9.17) is 0 Å². The number of benzene rings is 1. The van der Waals surface area contributed by atoms with Crippen LogP contribution in [-0.2, 0) is 4.79 Å². The Bertz CT molecular complexity index is 586. The number of hydrogen-bond donors (Lipinski definition) is 1. The molecule has 1 amide bonds. The van der Waals surface area contributed by atoms with Crippen molar-refractivity contribution in [2.24, 2.45) is 5.92 Å². The van der Waals surface area contributed by atoms with Crippen molar-refractivity contribution in [3.05, 3.63) is 33.8 Å². The van der Waals surface area contributed by atoms with Gasteiger partial charge in [-0.05, 0) is 53.7 Å². The van der Waals surface area contributed by atoms with Crippen LogP contribution < -0.4 is 0 Å². The number of carboxylic acids is 1. The average molecular weight is 338 g/mol. The van der Waals surface area contributed by atoms with Gasteiger partial charge in [0.15, 0.2) is 0 Å². The summed E-state index contributed by atoms with van der Waals surface area (Å²) in [7, 11) is 0. The number of halogens is 1. The summed E-state index contributed by atoms with van der Waals surface area (Å²) >= 11 is 3.47. The smallest absolute Gasteiger partial charge is 0.308 e. The third-order valence-electron chi connectivity index (χ3n) is 4.51. The van der Waals surface area contributed by atoms with Gasteiger partial charge < -0.3 is 10.0 Å². The molecule has 4 nitrogen and oxygen atoms in total. The van der Waals surface area contributed by atoms with Gasteiger partial charge in [-0.3, -0.25) is 9.59 Å². The van der Waals surface area contributed by atoms with Crippen LogP contribution in [0.2, 0.25) is 0 Å². The fraction of sp³-hybridized carbons (Fsp3) is 0.467. The molecule has 0 radical (unpaired) electrons. The van der Waals surface area contributed by atoms with Crippen molar-refractivity contribution in [3.8, 4) is 0 Å². The van der Waals surface area contributed by atoms with Gasteiger partial charge in [-0.1, -0.05) is 12.1 Å². The highest BCUT2D eigenvalue weighted by Gasteiger charge is 2.51. The van der Waals surface area contributed by atoms with Gasteiger partial charge in [-0.15, -0.1) is 0 Å². The van der Waals surface area contributed by atoms with E-state index in [1.165, 1.54) is 0 Å². The second kappa shape index (κ2) is 4.88. The molecule has 5 heteroatoms. The number of amides is 1. The molecule has 1 aromatic rings. The molecule has 2 aliphatic heterocycles. The SMILES string of the molecule is Cc1cccc(C(=O)N2C3CCC2C(C(=O)O)C3)c1Br. The van der Waals surface area contributed by atoms with E-state index in [0.29, 0.717) is 12.0 Å². The topological polar surface area (TPSA) is 57.6 Å². The van der Waals surface area contributed by atoms with E-state index in [-0.39, 0.29) is 18.0 Å². The van der Waals surface area contributed by atoms with Gasteiger partial charge in [0, 0.05) is 16.6 Å². The summed E-state index contributed by atoms with van der Waals surface area (Å²) in [6, 6.07) is 5.55. The third-order valence-corrected chi connectivity index (χ3v) is 5.56. The van der Waals surface area contributed by atoms with Crippen molar-refractivity contribution in [3.63, 3.8) is 0 Å². The van der Waals surface area contributed by atoms with Crippen LogP contribution in [-0.4, -0.2) is 34.0 Å². The molecule has 0 spiro atoms. The number of hydrogen-bond acceptors (Lipinski definition) is 2. The molecule has 2 bridgehead atoms. The minimum Gasteiger partial charge on any atom is -0.481 e. The Kier molecular flexibility index (Phi) is 3.32. The first-order valence-corrected chi connectivity index (χ1v) is 7.60. The molecule has 20 heavy (non-hydrogen) atoms. The Morgan fingerprint density at radius 1 is 1.35 bits per heavy atom. The highest BCUT2D eigenvalue weighted by molar-refractivity contribution is 9.10. The standard InChI is InChI=1S/C15H16BrNO3/c1-8-3-2-4-10(13(8)16)14(18)17-9-5-6-12(17)11(7-9)15(19)20/h2-4,9,11-12H,5-7H2,1H3,(H,19,20). The van der Waals surface area contributed by atoms with Crippen molar-refractivity contribution in [1.29, 1.82) is 0 Å². The number of nitrogens with zero attached hydrogens (tertiary/aromatic N) is 1. The number of rotatable bonds is 2. The molecule has 2 saturated heterocycles. The zero-order valence-corrected chi connectivity index (χ0v) is 12.8. The fourth-order valence-corrected chi connectivity index (χ4v) is 3.96. The number of aryl methyl sites for hydroxylation is 1. The Morgan fingerprint density at radius 3 is 2.75 bits per heavy atom. The molecule has 1 N–H and O–H groups in total. The molecule has 3 unspecified atom stereocenters. The Morgan fingerprint density at radius 2 is 2.10 bits per heavy atom. The summed E-state index contributed by atoms with van der Waals surface area (Å²) in [5.41, 5.74) is 1.64. The highest BCUT2D eigenvalue weighted by atomic mass is 79.9. The maximum Gasteiger partial charge on any atom is 0.308 e. The van der Waals surface area contributed by atoms with Crippen molar-refractivity contribution < 1.29 is 14.7 Å². The lowest BCUT2D eigenvalue weighted by Gasteiger charge is -2.24. The number of carboxylic acid groups (broad SMARTS) is 1. The number of carbonyl (C=O) groups excluding carboxylic acids is 1. The first-order valence-electron chi connectivity index (χ1n) is 6.81. The molecule has 3 atom stereocenters. The monoisotopic (exact) mass is 337 g/mol. The lowest BCUT2D eigenvalue weighted by molar-refractivity contribution is -0.142. The van der Waals surface area contributed by atoms with E-state index in [1.807, 2.05) is 19.1 Å². The minimum atomic E-state index is -0.779. The predicted octanol–water partition coefficient (Wildman–Crippen LogP) is 2.84. The number of aliphatic carboxylic acids is 1. The second-order valence-electron chi connectivity index (χ2n) is 5.63. The highest BCUT2D eigenvalue weighted by Crippen LogP contribution is 2.43. The summed E-state index contributed by atoms with van der Waals surface area (Å²) in [5.74, 6) is -1.23. The van der Waals surface area contributed by atoms with Crippen molar-refractivity contribution in [2.45, 2.75) is 38.3 Å². The molecule has 2 heterocycles. The van der Waals surface area contributed by atoms with Crippen LogP contribution in [0.3, 0.4) is 0 Å². The maximum absolute atomic E-state index is 12.8. The van der Waals surface area contributed by atoms with Gasteiger partial charge in [-0.2, -0.15) is 0 Å². The second-order valence-corrected chi connectivity index (χ2v) is 6.42. The Labute approximate surface area is 125 Å². The van der Waals surface area contributed by atoms with Gasteiger partial charge in [0.2, 0.25) is 0 Å². The first-order chi connectivity index (χ1) is 9.50. The van der Waals surface area contributed by atoms with Gasteiger partial charge >= 0.3 is 5.97 Å². The molecule has 1 aromatic carbocycles. The van der Waals surface area contributed by atoms with Crippen molar-refractivity contribution in [1.82, 2.24) is 4.90 Å². The van der Waals surface area contributed by atoms with Crippen LogP contribution >= 0.6 is 15.9 Å². The normalized spacial score (nSPS) is 27.9. The van der Waals surface area contributed by atoms with Crippen molar-refractivity contribution >= 4 is 27.8 Å². The zero-order chi connectivity index (χ0) is 14.4. The molecule has 106 valence electrons. The summed E-state index contributed by atoms with van der Waals surface area (Å²) in [4.78, 5) is 25.8. The lowest BCUT2D eigenvalue weighted by atomic mass is 9.89. The summed E-state index contributed by atoms with van der Waals surface area (Å²) in [5, 5.41) is 9.26. The van der Waals surface area contributed by atoms with Crippen LogP contribution in [0.25, 0.3) is 0 Å². The maximum atomic E-state index is 12.8. The summed E-state index contributed by atoms with van der Waals surface area (Å²) in [6.07, 6.45) is 2.32. The number of fused-ring (bicyclic) bond motifs is 2. The van der Waals surface area contributed by atoms with Crippen LogP contribution in [0.15, 0.2) is 22.7 Å². The molecule has 2 aliphatic rings. The van der Waals surface area contributed by atoms with Crippen LogP contribution in [0.1, 0.15) is 35.2 Å². The zero-order valence-electron chi connectivity index (χ0n) is 11.2. The Balaban J connectivity index is 1.92. The van der Waals surface area contributed by atoms with E-state index in [1.54, 1.807) is 11.0 Å². The molecule has 0 aliphatic carbocycles. The van der Waals surface area contributed by atoms with Gasteiger partial charge in [0.1, 0.15) is 0 Å². The molecular formula is C15H16BrNO3. The van der Waals surface area contributed by atoms with E-state index >= 15 is 0 Å². The first kappa shape index (κ1) is 13.6. The minimum absolute atomic E-state index is 0.0446. The summed E-state index contributed by atoms with van der Waals surface area (Å²) < 4.78 is 0.808. The Hall–Kier alpha value is -1.36. The summed E-state index contributed by atoms with van der Waals surface area (Å²) in [6.45, 7) is 1.94. The van der Waals surface area contributed by atoms with E-state index in [0.717, 1.165) is 22.9 Å². The van der Waals surface area contributed by atoms with E-state index < -0.39 is 11.9 Å². The molecular weight excluding hydrogens is 322 g/mol. The van der Waals surface area contributed by atoms with Gasteiger partial charge in [-0.25, -0.2) is 0 Å². The lowest BCUT2D eigenvalue weighted by Crippen LogP contribution is -2.38. The number of carbonyl (C=O) groups is 2. The average Bonchev–Trinajstić information content (AvgIpc) is 2.98. The van der Waals surface area contributed by atoms with Gasteiger partial charge in [0.05, 0.1) is 11.5 Å². The molecule has 0 saturated carbocycles. The van der Waals surface area contributed by atoms with Crippen LogP contribution in [0.4, 0.5) is 0 Å². The van der Waals surface area contributed by atoms with E-state index in [9.17, 15) is 14.7 Å².